The standard InChI is InChI=1S/C60H41N3OS/c1-3-4-28-56-39(2)60(49-23-10-15-29-57(49)65-56)48-22-9-8-19-46(48)47-21-16-20-45(58(47)60)40-30-32-41(33-31-40)50-38-51(62-59(61-50)43-17-6-5-7-18-43)42-34-36-44(37-35-42)63-52-24-11-13-26-54(52)64-55-27-14-12-25-53(55)63/h3-38H,1H2,2H3/b28-4-. The molecule has 308 valence electrons. The summed E-state index contributed by atoms with van der Waals surface area (Å²) in [7, 11) is 0. The molecule has 0 amide bonds. The van der Waals surface area contributed by atoms with Crippen LogP contribution in [0.1, 0.15) is 23.6 Å². The lowest BCUT2D eigenvalue weighted by Crippen LogP contribution is -2.32. The Balaban J connectivity index is 0.964. The van der Waals surface area contributed by atoms with Crippen LogP contribution in [-0.2, 0) is 5.41 Å². The minimum atomic E-state index is -0.472. The van der Waals surface area contributed by atoms with Crippen LogP contribution in [-0.4, -0.2) is 9.97 Å². The molecule has 0 N–H and O–H groups in total. The van der Waals surface area contributed by atoms with Crippen molar-refractivity contribution in [3.8, 4) is 67.7 Å². The van der Waals surface area contributed by atoms with Crippen molar-refractivity contribution in [2.45, 2.75) is 17.2 Å². The average molecular weight is 852 g/mol. The van der Waals surface area contributed by atoms with Gasteiger partial charge in [-0.3, -0.25) is 0 Å². The number of thioether (sulfide) groups is 1. The lowest BCUT2D eigenvalue weighted by molar-refractivity contribution is 0.477. The molecule has 1 aliphatic carbocycles. The van der Waals surface area contributed by atoms with Gasteiger partial charge in [0.25, 0.3) is 0 Å². The van der Waals surface area contributed by atoms with Crippen molar-refractivity contribution in [1.82, 2.24) is 9.97 Å². The van der Waals surface area contributed by atoms with Gasteiger partial charge in [0.15, 0.2) is 17.3 Å². The molecule has 1 aromatic heterocycles. The highest BCUT2D eigenvalue weighted by Crippen LogP contribution is 2.63. The summed E-state index contributed by atoms with van der Waals surface area (Å²) in [5, 5.41) is 0. The minimum Gasteiger partial charge on any atom is -0.453 e. The number of fused-ring (bicyclic) bond motifs is 9. The predicted octanol–water partition coefficient (Wildman–Crippen LogP) is 16.2. The minimum absolute atomic E-state index is 0.472. The highest BCUT2D eigenvalue weighted by Gasteiger charge is 2.50. The quantitative estimate of drug-likeness (QED) is 0.149. The number of aromatic nitrogens is 2. The summed E-state index contributed by atoms with van der Waals surface area (Å²) < 4.78 is 6.29. The molecule has 12 rings (SSSR count). The average Bonchev–Trinajstić information content (AvgIpc) is 3.67. The Hall–Kier alpha value is -7.99. The van der Waals surface area contributed by atoms with Gasteiger partial charge in [0, 0.05) is 32.2 Å². The van der Waals surface area contributed by atoms with Gasteiger partial charge in [-0.05, 0) is 106 Å². The van der Waals surface area contributed by atoms with Crippen molar-refractivity contribution in [2.75, 3.05) is 4.90 Å². The Bertz CT molecular complexity index is 3360. The fourth-order valence-electron chi connectivity index (χ4n) is 10.1. The molecular formula is C60H41N3OS. The molecule has 0 bridgehead atoms. The monoisotopic (exact) mass is 851 g/mol. The van der Waals surface area contributed by atoms with Gasteiger partial charge in [-0.25, -0.2) is 9.97 Å². The van der Waals surface area contributed by atoms with Crippen LogP contribution in [0, 0.1) is 0 Å². The van der Waals surface area contributed by atoms with Crippen molar-refractivity contribution in [3.63, 3.8) is 0 Å². The molecule has 4 nitrogen and oxygen atoms in total. The summed E-state index contributed by atoms with van der Waals surface area (Å²) in [6, 6.07) is 71.0. The zero-order valence-corrected chi connectivity index (χ0v) is 36.5. The number of anilines is 3. The summed E-state index contributed by atoms with van der Waals surface area (Å²) in [5.41, 5.74) is 17.5. The van der Waals surface area contributed by atoms with Gasteiger partial charge in [-0.1, -0.05) is 182 Å². The van der Waals surface area contributed by atoms with Crippen LogP contribution in [0.4, 0.5) is 17.1 Å². The van der Waals surface area contributed by atoms with E-state index in [0.29, 0.717) is 5.82 Å². The molecule has 0 saturated carbocycles. The molecule has 3 heterocycles. The Labute approximate surface area is 383 Å². The van der Waals surface area contributed by atoms with E-state index in [4.69, 9.17) is 14.7 Å². The first-order chi connectivity index (χ1) is 32.1. The number of hydrogen-bond donors (Lipinski definition) is 0. The Morgan fingerprint density at radius 1 is 0.538 bits per heavy atom. The zero-order chi connectivity index (χ0) is 43.5. The summed E-state index contributed by atoms with van der Waals surface area (Å²) in [5.74, 6) is 2.33. The van der Waals surface area contributed by atoms with Crippen LogP contribution in [0.5, 0.6) is 11.5 Å². The molecule has 0 fully saturated rings. The summed E-state index contributed by atoms with van der Waals surface area (Å²) in [4.78, 5) is 15.2. The molecule has 3 aliphatic rings. The summed E-state index contributed by atoms with van der Waals surface area (Å²) in [6.07, 6.45) is 6.14. The zero-order valence-electron chi connectivity index (χ0n) is 35.6. The molecule has 1 unspecified atom stereocenters. The van der Waals surface area contributed by atoms with E-state index in [9.17, 15) is 0 Å². The van der Waals surface area contributed by atoms with Gasteiger partial charge in [0.2, 0.25) is 0 Å². The Kier molecular flexibility index (Phi) is 9.32. The van der Waals surface area contributed by atoms with Crippen LogP contribution >= 0.6 is 11.8 Å². The van der Waals surface area contributed by atoms with E-state index in [1.54, 1.807) is 0 Å². The van der Waals surface area contributed by atoms with E-state index in [0.717, 1.165) is 62.2 Å². The van der Waals surface area contributed by atoms with Crippen LogP contribution in [0.2, 0.25) is 0 Å². The molecule has 1 atom stereocenters. The first-order valence-electron chi connectivity index (χ1n) is 21.9. The third-order valence-electron chi connectivity index (χ3n) is 13.0. The van der Waals surface area contributed by atoms with Crippen molar-refractivity contribution in [2.24, 2.45) is 0 Å². The topological polar surface area (TPSA) is 38.2 Å². The van der Waals surface area contributed by atoms with Gasteiger partial charge < -0.3 is 9.64 Å². The second-order valence-electron chi connectivity index (χ2n) is 16.5. The number of allylic oxidation sites excluding steroid dienone is 4. The van der Waals surface area contributed by atoms with Gasteiger partial charge in [0.05, 0.1) is 28.2 Å². The molecule has 8 aromatic carbocycles. The van der Waals surface area contributed by atoms with Crippen molar-refractivity contribution in [3.05, 3.63) is 252 Å². The molecule has 0 radical (unpaired) electrons. The van der Waals surface area contributed by atoms with E-state index in [2.05, 4.69) is 176 Å². The SMILES string of the molecule is C=C/C=C\C1=C(C)C2(c3ccccc3S1)c1ccccc1-c1cccc(-c3ccc(-c4cc(-c5ccc(N6c7ccccc7Oc7ccccc76)cc5)nc(-c5ccccc5)n4)cc3)c12. The third kappa shape index (κ3) is 6.22. The summed E-state index contributed by atoms with van der Waals surface area (Å²) >= 11 is 1.84. The fraction of sp³-hybridized carbons (Fsp3) is 0.0333. The van der Waals surface area contributed by atoms with E-state index in [-0.39, 0.29) is 0 Å². The van der Waals surface area contributed by atoms with Gasteiger partial charge in [-0.15, -0.1) is 0 Å². The highest BCUT2D eigenvalue weighted by atomic mass is 32.2. The van der Waals surface area contributed by atoms with Crippen LogP contribution in [0.25, 0.3) is 56.2 Å². The largest absolute Gasteiger partial charge is 0.453 e. The van der Waals surface area contributed by atoms with Crippen molar-refractivity contribution >= 4 is 28.8 Å². The first kappa shape index (κ1) is 38.7. The maximum Gasteiger partial charge on any atom is 0.160 e. The lowest BCUT2D eigenvalue weighted by Gasteiger charge is -2.40. The Morgan fingerprint density at radius 2 is 1.11 bits per heavy atom. The highest BCUT2D eigenvalue weighted by molar-refractivity contribution is 8.03. The van der Waals surface area contributed by atoms with E-state index >= 15 is 0 Å². The van der Waals surface area contributed by atoms with Gasteiger partial charge in [-0.2, -0.15) is 0 Å². The number of rotatable bonds is 7. The smallest absolute Gasteiger partial charge is 0.160 e. The summed E-state index contributed by atoms with van der Waals surface area (Å²) in [6.45, 7) is 6.32. The molecule has 65 heavy (non-hydrogen) atoms. The van der Waals surface area contributed by atoms with E-state index < -0.39 is 5.41 Å². The van der Waals surface area contributed by atoms with Crippen molar-refractivity contribution in [1.29, 1.82) is 0 Å². The van der Waals surface area contributed by atoms with E-state index in [1.807, 2.05) is 72.4 Å². The number of benzene rings is 8. The molecule has 0 saturated heterocycles. The normalized spacial score (nSPS) is 15.5. The van der Waals surface area contributed by atoms with Gasteiger partial charge in [0.1, 0.15) is 0 Å². The van der Waals surface area contributed by atoms with E-state index in [1.165, 1.54) is 48.8 Å². The van der Waals surface area contributed by atoms with Crippen LogP contribution in [0.3, 0.4) is 0 Å². The second-order valence-corrected chi connectivity index (χ2v) is 17.6. The number of nitrogens with zero attached hydrogens (tertiary/aromatic N) is 3. The number of hydrogen-bond acceptors (Lipinski definition) is 5. The molecule has 2 aliphatic heterocycles. The fourth-order valence-corrected chi connectivity index (χ4v) is 11.2. The molecule has 9 aromatic rings. The van der Waals surface area contributed by atoms with Gasteiger partial charge >= 0.3 is 0 Å². The van der Waals surface area contributed by atoms with Crippen LogP contribution in [0.15, 0.2) is 240 Å². The third-order valence-corrected chi connectivity index (χ3v) is 14.2. The van der Waals surface area contributed by atoms with Crippen molar-refractivity contribution < 1.29 is 4.74 Å². The second kappa shape index (κ2) is 15.7. The lowest BCUT2D eigenvalue weighted by atomic mass is 9.65. The first-order valence-corrected chi connectivity index (χ1v) is 22.7. The maximum atomic E-state index is 6.29. The maximum absolute atomic E-state index is 6.29. The predicted molar refractivity (Wildman–Crippen MR) is 268 cm³/mol. The molecule has 1 spiro atoms. The number of para-hydroxylation sites is 4. The van der Waals surface area contributed by atoms with Crippen LogP contribution < -0.4 is 9.64 Å². The Morgan fingerprint density at radius 3 is 1.82 bits per heavy atom. The molecular weight excluding hydrogens is 811 g/mol. The number of ether oxygens (including phenoxy) is 1. The molecule has 5 heteroatoms.